The second-order valence-corrected chi connectivity index (χ2v) is 21.5. The van der Waals surface area contributed by atoms with Gasteiger partial charge in [0.1, 0.15) is 0 Å². The Hall–Kier alpha value is -10.5. The molecule has 0 N–H and O–H groups in total. The van der Waals surface area contributed by atoms with Crippen molar-refractivity contribution in [3.63, 3.8) is 0 Å². The summed E-state index contributed by atoms with van der Waals surface area (Å²) < 4.78 is 0. The van der Waals surface area contributed by atoms with Crippen molar-refractivity contribution in [3.05, 3.63) is 291 Å². The zero-order chi connectivity index (χ0) is 56.4. The molecule has 0 unspecified atom stereocenters. The van der Waals surface area contributed by atoms with Crippen molar-refractivity contribution in [3.8, 4) is 89.8 Å². The van der Waals surface area contributed by atoms with Gasteiger partial charge in [0.05, 0.1) is 0 Å². The molecular weight excluding hydrogens is 1070 g/mol. The summed E-state index contributed by atoms with van der Waals surface area (Å²) in [6.07, 6.45) is 0. The number of hydrogen-bond donors (Lipinski definition) is 0. The van der Waals surface area contributed by atoms with E-state index < -0.39 is 0 Å². The summed E-state index contributed by atoms with van der Waals surface area (Å²) in [6, 6.07) is 96.1. The Morgan fingerprint density at radius 2 is 0.353 bits per heavy atom. The summed E-state index contributed by atoms with van der Waals surface area (Å²) in [6.45, 7) is 0. The Balaban J connectivity index is 0.000000149. The number of rotatable bonds is 6. The molecule has 4 nitrogen and oxygen atoms in total. The van der Waals surface area contributed by atoms with Gasteiger partial charge in [0, 0.05) is 0 Å². The number of fused-ring (bicyclic) bond motifs is 12. The Labute approximate surface area is 505 Å². The molecule has 0 radical (unpaired) electrons. The summed E-state index contributed by atoms with van der Waals surface area (Å²) in [7, 11) is 0. The second kappa shape index (κ2) is 21.7. The zero-order valence-electron chi connectivity index (χ0n) is 45.8. The van der Waals surface area contributed by atoms with E-state index in [0.29, 0.717) is 43.8 Å². The molecule has 16 rings (SSSR count). The molecule has 0 amide bonds. The largest absolute Gasteiger partial charge is 4.00 e. The molecule has 0 fully saturated rings. The molecule has 0 atom stereocenters. The minimum Gasteiger partial charge on any atom is -0.872 e. The number of hydrogen-bond acceptors (Lipinski definition) is 4. The van der Waals surface area contributed by atoms with Crippen LogP contribution < -0.4 is 20.4 Å². The SMILES string of the molecule is [O-]c1c(-c2c(-c3ccccc3)cc3ccc4ccccc4c3c2[O-])c(-c2ccccc2)cc2ccc3ccccc3c12.[O-]c1c(-c2c(-c3ccccc3)cc3ccc4ccccc4c3c2[O-])c(-c2ccccc2)cc2ccc3ccccc3c12.[Ti+4]. The van der Waals surface area contributed by atoms with Crippen molar-refractivity contribution in [2.45, 2.75) is 0 Å². The Morgan fingerprint density at radius 1 is 0.176 bits per heavy atom. The third kappa shape index (κ3) is 8.90. The maximum absolute atomic E-state index is 14.9. The standard InChI is InChI=1S/2C40H26O2.Ti/c2*41-39-35-29(21-19-27-15-7-9-17-31(27)35)23-33(25-11-3-1-4-12-25)37(39)38-34(26-13-5-2-6-14-26)24-30-22-20-28-16-8-10-18-32(28)36(30)40(38)42;/h2*1-24,41-42H;/q;;+4/p-4. The van der Waals surface area contributed by atoms with E-state index in [9.17, 15) is 20.4 Å². The molecule has 0 saturated carbocycles. The smallest absolute Gasteiger partial charge is 0.872 e. The van der Waals surface area contributed by atoms with Crippen LogP contribution in [0.1, 0.15) is 0 Å². The van der Waals surface area contributed by atoms with Crippen LogP contribution in [0.4, 0.5) is 0 Å². The molecule has 0 bridgehead atoms. The van der Waals surface area contributed by atoms with E-state index in [4.69, 9.17) is 0 Å². The van der Waals surface area contributed by atoms with Crippen molar-refractivity contribution in [2.24, 2.45) is 0 Å². The van der Waals surface area contributed by atoms with E-state index in [-0.39, 0.29) is 44.7 Å². The minimum atomic E-state index is -0.128. The van der Waals surface area contributed by atoms with Gasteiger partial charge in [0.2, 0.25) is 0 Å². The molecule has 16 aromatic rings. The first-order valence-corrected chi connectivity index (χ1v) is 28.2. The molecule has 0 spiro atoms. The molecule has 0 aliphatic rings. The molecular formula is C80H48O4Ti. The second-order valence-electron chi connectivity index (χ2n) is 21.5. The predicted molar refractivity (Wildman–Crippen MR) is 343 cm³/mol. The van der Waals surface area contributed by atoms with E-state index in [2.05, 4.69) is 48.5 Å². The van der Waals surface area contributed by atoms with Crippen LogP contribution in [0.25, 0.3) is 153 Å². The minimum absolute atomic E-state index is 0. The molecule has 0 heterocycles. The summed E-state index contributed by atoms with van der Waals surface area (Å²) in [5.41, 5.74) is 8.43. The van der Waals surface area contributed by atoms with Crippen LogP contribution in [0.5, 0.6) is 23.0 Å². The first-order valence-electron chi connectivity index (χ1n) is 28.2. The van der Waals surface area contributed by atoms with Crippen molar-refractivity contribution < 1.29 is 42.1 Å². The fraction of sp³-hybridized carbons (Fsp3) is 0. The summed E-state index contributed by atoms with van der Waals surface area (Å²) in [4.78, 5) is 0. The molecule has 396 valence electrons. The molecule has 5 heteroatoms. The van der Waals surface area contributed by atoms with Gasteiger partial charge in [0.25, 0.3) is 0 Å². The molecule has 16 aromatic carbocycles. The van der Waals surface area contributed by atoms with Crippen LogP contribution in [0.15, 0.2) is 291 Å². The monoisotopic (exact) mass is 1120 g/mol. The summed E-state index contributed by atoms with van der Waals surface area (Å²) >= 11 is 0. The van der Waals surface area contributed by atoms with Crippen LogP contribution in [-0.4, -0.2) is 0 Å². The van der Waals surface area contributed by atoms with Crippen LogP contribution in [-0.2, 0) is 21.7 Å². The van der Waals surface area contributed by atoms with E-state index in [0.717, 1.165) is 109 Å². The van der Waals surface area contributed by atoms with E-state index in [1.165, 1.54) is 0 Å². The van der Waals surface area contributed by atoms with Gasteiger partial charge >= 0.3 is 21.7 Å². The van der Waals surface area contributed by atoms with Gasteiger partial charge in [0.15, 0.2) is 0 Å². The van der Waals surface area contributed by atoms with Crippen molar-refractivity contribution in [2.75, 3.05) is 0 Å². The first kappa shape index (κ1) is 52.6. The summed E-state index contributed by atoms with van der Waals surface area (Å²) in [5, 5.41) is 73.3. The quantitative estimate of drug-likeness (QED) is 0.122. The Morgan fingerprint density at radius 3 is 0.565 bits per heavy atom. The van der Waals surface area contributed by atoms with Crippen molar-refractivity contribution in [1.29, 1.82) is 0 Å². The van der Waals surface area contributed by atoms with E-state index in [1.807, 2.05) is 243 Å². The fourth-order valence-corrected chi connectivity index (χ4v) is 12.9. The van der Waals surface area contributed by atoms with Crippen molar-refractivity contribution in [1.82, 2.24) is 0 Å². The van der Waals surface area contributed by atoms with Gasteiger partial charge in [-0.15, -0.1) is 0 Å². The van der Waals surface area contributed by atoms with Crippen LogP contribution in [0.3, 0.4) is 0 Å². The Kier molecular flexibility index (Phi) is 13.4. The maximum Gasteiger partial charge on any atom is 4.00 e. The number of benzene rings is 16. The van der Waals surface area contributed by atoms with E-state index >= 15 is 0 Å². The van der Waals surface area contributed by atoms with Crippen LogP contribution in [0.2, 0.25) is 0 Å². The van der Waals surface area contributed by atoms with Gasteiger partial charge in [-0.25, -0.2) is 0 Å². The Bertz CT molecular complexity index is 4610. The average molecular weight is 1120 g/mol. The van der Waals surface area contributed by atoms with E-state index in [1.54, 1.807) is 0 Å². The molecule has 85 heavy (non-hydrogen) atoms. The van der Waals surface area contributed by atoms with Gasteiger partial charge in [-0.1, -0.05) is 290 Å². The predicted octanol–water partition coefficient (Wildman–Crippen LogP) is 18.9. The molecule has 0 aromatic heterocycles. The third-order valence-corrected chi connectivity index (χ3v) is 16.8. The summed E-state index contributed by atoms with van der Waals surface area (Å²) in [5.74, 6) is -0.511. The van der Waals surface area contributed by atoms with Gasteiger partial charge in [-0.05, 0) is 177 Å². The van der Waals surface area contributed by atoms with Crippen LogP contribution in [0, 0.1) is 0 Å². The normalized spacial score (nSPS) is 11.4. The first-order chi connectivity index (χ1) is 41.4. The molecule has 0 saturated heterocycles. The zero-order valence-corrected chi connectivity index (χ0v) is 47.4. The maximum atomic E-state index is 14.9. The molecule has 0 aliphatic carbocycles. The van der Waals surface area contributed by atoms with Gasteiger partial charge in [-0.3, -0.25) is 0 Å². The van der Waals surface area contributed by atoms with Crippen LogP contribution >= 0.6 is 0 Å². The van der Waals surface area contributed by atoms with Gasteiger partial charge in [-0.2, -0.15) is 0 Å². The van der Waals surface area contributed by atoms with Gasteiger partial charge < -0.3 is 20.4 Å². The fourth-order valence-electron chi connectivity index (χ4n) is 12.9. The molecule has 0 aliphatic heterocycles. The topological polar surface area (TPSA) is 92.2 Å². The van der Waals surface area contributed by atoms with Crippen molar-refractivity contribution >= 4 is 86.2 Å². The average Bonchev–Trinajstić information content (AvgIpc) is 1.17. The third-order valence-electron chi connectivity index (χ3n) is 16.8.